The summed E-state index contributed by atoms with van der Waals surface area (Å²) in [5, 5.41) is 0. The SMILES string of the molecule is COC(=O)C(C)CCCC(C)[C@H]1CC[C@H]2[C@@H]3[C@H](O[Si](C)(C)C)C[C@@H]4C[C@H](O[Si](C)(C)C)CC[C@]4(C)[C@H]3CC[C@]12C. The number of methoxy groups -OCH3 is 1. The molecule has 0 aliphatic heterocycles. The highest BCUT2D eigenvalue weighted by molar-refractivity contribution is 6.70. The maximum absolute atomic E-state index is 11.9. The fraction of sp³-hybridized carbons (Fsp3) is 0.971. The van der Waals surface area contributed by atoms with E-state index in [2.05, 4.69) is 60.1 Å². The van der Waals surface area contributed by atoms with E-state index in [9.17, 15) is 4.79 Å². The topological polar surface area (TPSA) is 44.8 Å². The lowest BCUT2D eigenvalue weighted by Gasteiger charge is -2.64. The number of esters is 1. The second kappa shape index (κ2) is 12.1. The van der Waals surface area contributed by atoms with Crippen molar-refractivity contribution < 1.29 is 18.4 Å². The van der Waals surface area contributed by atoms with Crippen LogP contribution in [0.2, 0.25) is 39.3 Å². The van der Waals surface area contributed by atoms with E-state index < -0.39 is 16.6 Å². The largest absolute Gasteiger partial charge is 0.469 e. The van der Waals surface area contributed by atoms with Crippen molar-refractivity contribution in [1.82, 2.24) is 0 Å². The molecule has 11 atom stereocenters. The molecule has 0 amide bonds. The molecule has 232 valence electrons. The number of rotatable bonds is 10. The third-order valence-electron chi connectivity index (χ3n) is 12.3. The van der Waals surface area contributed by atoms with Crippen molar-refractivity contribution in [2.75, 3.05) is 7.11 Å². The second-order valence-corrected chi connectivity index (χ2v) is 26.1. The highest BCUT2D eigenvalue weighted by atomic mass is 28.4. The Kier molecular flexibility index (Phi) is 9.88. The predicted octanol–water partition coefficient (Wildman–Crippen LogP) is 9.31. The minimum atomic E-state index is -1.67. The van der Waals surface area contributed by atoms with E-state index in [0.29, 0.717) is 29.0 Å². The third-order valence-corrected chi connectivity index (χ3v) is 14.3. The Hall–Kier alpha value is -0.176. The smallest absolute Gasteiger partial charge is 0.308 e. The molecule has 0 spiro atoms. The molecule has 6 heteroatoms. The number of hydrogen-bond acceptors (Lipinski definition) is 4. The van der Waals surface area contributed by atoms with E-state index in [4.69, 9.17) is 13.6 Å². The highest BCUT2D eigenvalue weighted by Crippen LogP contribution is 2.69. The minimum Gasteiger partial charge on any atom is -0.469 e. The molecular formula is C34H64O4Si2. The Morgan fingerprint density at radius 1 is 0.825 bits per heavy atom. The fourth-order valence-corrected chi connectivity index (χ4v) is 13.0. The van der Waals surface area contributed by atoms with Crippen LogP contribution in [-0.2, 0) is 18.4 Å². The van der Waals surface area contributed by atoms with Crippen LogP contribution in [0.5, 0.6) is 0 Å². The first-order chi connectivity index (χ1) is 18.5. The van der Waals surface area contributed by atoms with Crippen LogP contribution < -0.4 is 0 Å². The van der Waals surface area contributed by atoms with Crippen molar-refractivity contribution in [3.63, 3.8) is 0 Å². The monoisotopic (exact) mass is 592 g/mol. The molecule has 4 rings (SSSR count). The van der Waals surface area contributed by atoms with Gasteiger partial charge in [0.2, 0.25) is 0 Å². The first kappa shape index (κ1) is 32.7. The fourth-order valence-electron chi connectivity index (χ4n) is 10.6. The van der Waals surface area contributed by atoms with Crippen molar-refractivity contribution in [3.05, 3.63) is 0 Å². The normalized spacial score (nSPS) is 41.4. The van der Waals surface area contributed by atoms with Gasteiger partial charge < -0.3 is 13.6 Å². The van der Waals surface area contributed by atoms with Crippen LogP contribution in [0.25, 0.3) is 0 Å². The first-order valence-corrected chi connectivity index (χ1v) is 23.7. The summed E-state index contributed by atoms with van der Waals surface area (Å²) in [6, 6.07) is 0. The zero-order valence-electron chi connectivity index (χ0n) is 28.1. The molecule has 0 aromatic heterocycles. The van der Waals surface area contributed by atoms with Crippen LogP contribution in [0.3, 0.4) is 0 Å². The van der Waals surface area contributed by atoms with Gasteiger partial charge in [-0.05, 0) is 143 Å². The number of hydrogen-bond donors (Lipinski definition) is 0. The minimum absolute atomic E-state index is 0.0150. The summed E-state index contributed by atoms with van der Waals surface area (Å²) in [5.74, 6) is 4.52. The Morgan fingerprint density at radius 2 is 1.45 bits per heavy atom. The lowest BCUT2D eigenvalue weighted by atomic mass is 9.43. The molecule has 40 heavy (non-hydrogen) atoms. The summed E-state index contributed by atoms with van der Waals surface area (Å²) in [6.07, 6.45) is 14.8. The Balaban J connectivity index is 1.52. The van der Waals surface area contributed by atoms with Crippen molar-refractivity contribution in [3.8, 4) is 0 Å². The highest BCUT2D eigenvalue weighted by Gasteiger charge is 2.63. The molecule has 4 saturated carbocycles. The molecule has 0 bridgehead atoms. The standard InChI is InChI=1S/C34H64O4Si2/c1-23(13-12-14-24(2)32(35)36-5)27-15-16-28-31-29(18-20-34(27,28)4)33(3)19-17-26(37-39(6,7)8)21-25(33)22-30(31)38-40(9,10)11/h23-31H,12-22H2,1-11H3/t23?,24?,25-,26+,27+,28-,29-,30+,31-,33-,34+/m0/s1. The summed E-state index contributed by atoms with van der Waals surface area (Å²) < 4.78 is 18.9. The second-order valence-electron chi connectivity index (χ2n) is 17.2. The number of ether oxygens (including phenoxy) is 1. The zero-order chi connectivity index (χ0) is 29.7. The first-order valence-electron chi connectivity index (χ1n) is 16.9. The Labute approximate surface area is 249 Å². The quantitative estimate of drug-likeness (QED) is 0.187. The molecule has 4 nitrogen and oxygen atoms in total. The molecule has 0 aromatic rings. The van der Waals surface area contributed by atoms with E-state index >= 15 is 0 Å². The molecule has 0 N–H and O–H groups in total. The van der Waals surface area contributed by atoms with Gasteiger partial charge in [0.1, 0.15) is 0 Å². The average molecular weight is 593 g/mol. The Morgan fingerprint density at radius 3 is 2.08 bits per heavy atom. The summed E-state index contributed by atoms with van der Waals surface area (Å²) in [6.45, 7) is 24.2. The van der Waals surface area contributed by atoms with Crippen molar-refractivity contribution in [2.45, 2.75) is 150 Å². The van der Waals surface area contributed by atoms with Gasteiger partial charge in [-0.2, -0.15) is 0 Å². The lowest BCUT2D eigenvalue weighted by Crippen LogP contribution is -2.60. The van der Waals surface area contributed by atoms with E-state index in [1.807, 2.05) is 6.92 Å². The van der Waals surface area contributed by atoms with Gasteiger partial charge in [-0.25, -0.2) is 0 Å². The molecule has 4 aliphatic rings. The van der Waals surface area contributed by atoms with Gasteiger partial charge in [0.25, 0.3) is 0 Å². The van der Waals surface area contributed by atoms with E-state index in [0.717, 1.165) is 42.4 Å². The number of fused-ring (bicyclic) bond motifs is 5. The van der Waals surface area contributed by atoms with E-state index in [-0.39, 0.29) is 11.9 Å². The van der Waals surface area contributed by atoms with Gasteiger partial charge in [0, 0.05) is 12.2 Å². The van der Waals surface area contributed by atoms with Crippen molar-refractivity contribution in [1.29, 1.82) is 0 Å². The van der Waals surface area contributed by atoms with E-state index in [1.165, 1.54) is 64.9 Å². The van der Waals surface area contributed by atoms with Crippen LogP contribution in [0.1, 0.15) is 98.3 Å². The molecule has 0 radical (unpaired) electrons. The van der Waals surface area contributed by atoms with Crippen molar-refractivity contribution in [2.24, 2.45) is 52.3 Å². The molecule has 0 saturated heterocycles. The van der Waals surface area contributed by atoms with Crippen molar-refractivity contribution >= 4 is 22.6 Å². The lowest BCUT2D eigenvalue weighted by molar-refractivity contribution is -0.168. The van der Waals surface area contributed by atoms with E-state index in [1.54, 1.807) is 0 Å². The molecule has 4 aliphatic carbocycles. The molecule has 0 aromatic carbocycles. The van der Waals surface area contributed by atoms with Gasteiger partial charge in [0.05, 0.1) is 13.0 Å². The van der Waals surface area contributed by atoms with Gasteiger partial charge in [-0.15, -0.1) is 0 Å². The predicted molar refractivity (Wildman–Crippen MR) is 171 cm³/mol. The van der Waals surface area contributed by atoms with Crippen LogP contribution >= 0.6 is 0 Å². The zero-order valence-corrected chi connectivity index (χ0v) is 30.1. The van der Waals surface area contributed by atoms with Gasteiger partial charge in [0.15, 0.2) is 16.6 Å². The molecule has 0 heterocycles. The Bertz CT molecular complexity index is 880. The maximum Gasteiger partial charge on any atom is 0.308 e. The average Bonchev–Trinajstić information content (AvgIpc) is 3.19. The summed E-state index contributed by atoms with van der Waals surface area (Å²) in [4.78, 5) is 11.9. The maximum atomic E-state index is 11.9. The van der Waals surface area contributed by atoms with Gasteiger partial charge >= 0.3 is 5.97 Å². The molecule has 4 fully saturated rings. The molecule has 2 unspecified atom stereocenters. The summed E-state index contributed by atoms with van der Waals surface area (Å²) in [7, 11) is -1.69. The summed E-state index contributed by atoms with van der Waals surface area (Å²) in [5.41, 5.74) is 0.870. The van der Waals surface area contributed by atoms with Gasteiger partial charge in [-0.3, -0.25) is 4.79 Å². The van der Waals surface area contributed by atoms with Gasteiger partial charge in [-0.1, -0.05) is 40.5 Å². The van der Waals surface area contributed by atoms with Crippen LogP contribution in [0, 0.1) is 52.3 Å². The summed E-state index contributed by atoms with van der Waals surface area (Å²) >= 11 is 0. The number of carbonyl (C=O) groups is 1. The molecular weight excluding hydrogens is 529 g/mol. The van der Waals surface area contributed by atoms with Crippen LogP contribution in [-0.4, -0.2) is 41.9 Å². The number of carbonyl (C=O) groups excluding carboxylic acids is 1. The van der Waals surface area contributed by atoms with Crippen LogP contribution in [0.4, 0.5) is 0 Å². The van der Waals surface area contributed by atoms with Crippen LogP contribution in [0.15, 0.2) is 0 Å². The third kappa shape index (κ3) is 6.80.